The zero-order valence-corrected chi connectivity index (χ0v) is 13.8. The van der Waals surface area contributed by atoms with Crippen LogP contribution < -0.4 is 10.9 Å². The number of carbonyl (C=O) groups excluding carboxylic acids is 2. The monoisotopic (exact) mass is 341 g/mol. The average molecular weight is 341 g/mol. The molecule has 0 aliphatic heterocycles. The van der Waals surface area contributed by atoms with Crippen molar-refractivity contribution in [1.82, 2.24) is 10.9 Å². The van der Waals surface area contributed by atoms with Crippen molar-refractivity contribution >= 4 is 11.8 Å². The zero-order valence-electron chi connectivity index (χ0n) is 13.8. The normalized spacial score (nSPS) is 9.81. The van der Waals surface area contributed by atoms with Crippen molar-refractivity contribution < 1.29 is 9.59 Å². The molecule has 0 aliphatic rings. The smallest absolute Gasteiger partial charge is 0.267 e. The Bertz CT molecular complexity index is 991. The van der Waals surface area contributed by atoms with Gasteiger partial charge in [0.15, 0.2) is 0 Å². The quantitative estimate of drug-likeness (QED) is 0.717. The lowest BCUT2D eigenvalue weighted by atomic mass is 9.95. The van der Waals surface area contributed by atoms with Gasteiger partial charge in [0.2, 0.25) is 0 Å². The number of rotatable bonds is 3. The number of hydrogen-bond donors (Lipinski definition) is 2. The molecule has 2 N–H and O–H groups in total. The van der Waals surface area contributed by atoms with E-state index in [1.165, 1.54) is 0 Å². The molecule has 3 rings (SSSR count). The fourth-order valence-electron chi connectivity index (χ4n) is 2.57. The number of nitrogens with zero attached hydrogens (tertiary/aromatic N) is 1. The van der Waals surface area contributed by atoms with Gasteiger partial charge in [-0.3, -0.25) is 20.4 Å². The van der Waals surface area contributed by atoms with Crippen molar-refractivity contribution in [3.63, 3.8) is 0 Å². The Kier molecular flexibility index (Phi) is 5.06. The Labute approximate surface area is 150 Å². The van der Waals surface area contributed by atoms with Crippen LogP contribution in [0.25, 0.3) is 11.1 Å². The van der Waals surface area contributed by atoms with E-state index in [2.05, 4.69) is 16.9 Å². The first kappa shape index (κ1) is 16.9. The van der Waals surface area contributed by atoms with Crippen LogP contribution >= 0.6 is 0 Å². The molecule has 26 heavy (non-hydrogen) atoms. The molecule has 126 valence electrons. The summed E-state index contributed by atoms with van der Waals surface area (Å²) in [4.78, 5) is 24.6. The van der Waals surface area contributed by atoms with Crippen LogP contribution in [0, 0.1) is 11.3 Å². The van der Waals surface area contributed by atoms with Crippen molar-refractivity contribution in [1.29, 1.82) is 5.26 Å². The van der Waals surface area contributed by atoms with E-state index in [4.69, 9.17) is 0 Å². The number of amides is 2. The fraction of sp³-hybridized carbons (Fsp3) is 0. The van der Waals surface area contributed by atoms with E-state index in [0.29, 0.717) is 27.8 Å². The molecule has 0 aliphatic carbocycles. The maximum Gasteiger partial charge on any atom is 0.270 e. The van der Waals surface area contributed by atoms with Crippen LogP contribution in [0.5, 0.6) is 0 Å². The van der Waals surface area contributed by atoms with E-state index >= 15 is 0 Å². The summed E-state index contributed by atoms with van der Waals surface area (Å²) < 4.78 is 0. The molecule has 3 aromatic rings. The molecule has 0 aromatic heterocycles. The fourth-order valence-corrected chi connectivity index (χ4v) is 2.57. The third-order valence-electron chi connectivity index (χ3n) is 3.83. The molecule has 0 atom stereocenters. The molecule has 0 radical (unpaired) electrons. The summed E-state index contributed by atoms with van der Waals surface area (Å²) in [5, 5.41) is 9.30. The van der Waals surface area contributed by atoms with E-state index in [-0.39, 0.29) is 0 Å². The molecule has 0 bridgehead atoms. The summed E-state index contributed by atoms with van der Waals surface area (Å²) >= 11 is 0. The highest BCUT2D eigenvalue weighted by atomic mass is 16.2. The third-order valence-corrected chi connectivity index (χ3v) is 3.83. The van der Waals surface area contributed by atoms with Crippen LogP contribution in [0.1, 0.15) is 26.3 Å². The van der Waals surface area contributed by atoms with Crippen molar-refractivity contribution in [2.45, 2.75) is 0 Å². The second-order valence-corrected chi connectivity index (χ2v) is 5.48. The van der Waals surface area contributed by atoms with Crippen LogP contribution in [0.3, 0.4) is 0 Å². The molecule has 0 saturated heterocycles. The van der Waals surface area contributed by atoms with Gasteiger partial charge in [0.25, 0.3) is 11.8 Å². The number of benzene rings is 3. The molecule has 0 heterocycles. The van der Waals surface area contributed by atoms with E-state index in [0.717, 1.165) is 0 Å². The van der Waals surface area contributed by atoms with E-state index in [1.807, 2.05) is 6.07 Å². The van der Waals surface area contributed by atoms with Crippen LogP contribution in [0.15, 0.2) is 78.9 Å². The molecule has 0 unspecified atom stereocenters. The minimum Gasteiger partial charge on any atom is -0.267 e. The summed E-state index contributed by atoms with van der Waals surface area (Å²) in [6.45, 7) is 0. The largest absolute Gasteiger partial charge is 0.270 e. The minimum absolute atomic E-state index is 0.364. The summed E-state index contributed by atoms with van der Waals surface area (Å²) in [5.41, 5.74) is 7.39. The van der Waals surface area contributed by atoms with Crippen LogP contribution in [0.2, 0.25) is 0 Å². The molecule has 3 aromatic carbocycles. The first-order valence-electron chi connectivity index (χ1n) is 7.95. The van der Waals surface area contributed by atoms with Gasteiger partial charge in [-0.05, 0) is 29.8 Å². The second-order valence-electron chi connectivity index (χ2n) is 5.48. The zero-order chi connectivity index (χ0) is 18.4. The molecule has 0 saturated carbocycles. The summed E-state index contributed by atoms with van der Waals surface area (Å²) in [5.74, 6) is -0.869. The first-order valence-corrected chi connectivity index (χ1v) is 7.95. The first-order chi connectivity index (χ1) is 12.7. The van der Waals surface area contributed by atoms with Crippen LogP contribution in [-0.2, 0) is 0 Å². The van der Waals surface area contributed by atoms with Crippen molar-refractivity contribution in [3.8, 4) is 17.2 Å². The summed E-state index contributed by atoms with van der Waals surface area (Å²) in [7, 11) is 0. The Balaban J connectivity index is 1.83. The number of nitrogens with one attached hydrogen (secondary N) is 2. The third kappa shape index (κ3) is 3.60. The molecule has 5 nitrogen and oxygen atoms in total. The number of nitriles is 1. The van der Waals surface area contributed by atoms with Gasteiger partial charge in [-0.15, -0.1) is 0 Å². The molecule has 2 amide bonds. The molecular formula is C21H15N3O2. The van der Waals surface area contributed by atoms with Crippen molar-refractivity contribution in [3.05, 3.63) is 95.6 Å². The highest BCUT2D eigenvalue weighted by Crippen LogP contribution is 2.26. The summed E-state index contributed by atoms with van der Waals surface area (Å²) in [6, 6.07) is 24.7. The number of hydrogen-bond acceptors (Lipinski definition) is 3. The van der Waals surface area contributed by atoms with Crippen LogP contribution in [-0.4, -0.2) is 11.8 Å². The Morgan fingerprint density at radius 2 is 1.27 bits per heavy atom. The van der Waals surface area contributed by atoms with Gasteiger partial charge in [-0.25, -0.2) is 0 Å². The van der Waals surface area contributed by atoms with Crippen molar-refractivity contribution in [2.24, 2.45) is 0 Å². The lowest BCUT2D eigenvalue weighted by Gasteiger charge is -2.12. The Morgan fingerprint density at radius 3 is 2.00 bits per heavy atom. The molecule has 0 spiro atoms. The average Bonchev–Trinajstić information content (AvgIpc) is 2.72. The molecular weight excluding hydrogens is 326 g/mol. The predicted octanol–water partition coefficient (Wildman–Crippen LogP) is 3.30. The van der Waals surface area contributed by atoms with Gasteiger partial charge in [0, 0.05) is 16.7 Å². The highest BCUT2D eigenvalue weighted by molar-refractivity contribution is 6.03. The standard InChI is InChI=1S/C21H15N3O2/c22-14-16-10-4-5-11-17(16)18-12-6-7-13-19(18)21(26)24-23-20(25)15-8-2-1-3-9-15/h1-13H,(H,23,25)(H,24,26). The van der Waals surface area contributed by atoms with E-state index in [9.17, 15) is 14.9 Å². The van der Waals surface area contributed by atoms with Gasteiger partial charge < -0.3 is 0 Å². The lowest BCUT2D eigenvalue weighted by Crippen LogP contribution is -2.41. The van der Waals surface area contributed by atoms with E-state index < -0.39 is 11.8 Å². The van der Waals surface area contributed by atoms with Gasteiger partial charge in [0.05, 0.1) is 11.6 Å². The maximum atomic E-state index is 12.6. The van der Waals surface area contributed by atoms with Gasteiger partial charge in [-0.2, -0.15) is 5.26 Å². The topological polar surface area (TPSA) is 82.0 Å². The van der Waals surface area contributed by atoms with Gasteiger partial charge >= 0.3 is 0 Å². The Hall–Kier alpha value is -3.91. The maximum absolute atomic E-state index is 12.6. The molecule has 5 heteroatoms. The van der Waals surface area contributed by atoms with Crippen LogP contribution in [0.4, 0.5) is 0 Å². The SMILES string of the molecule is N#Cc1ccccc1-c1ccccc1C(=O)NNC(=O)c1ccccc1. The number of hydrazine groups is 1. The highest BCUT2D eigenvalue weighted by Gasteiger charge is 2.15. The lowest BCUT2D eigenvalue weighted by molar-refractivity contribution is 0.0847. The Morgan fingerprint density at radius 1 is 0.692 bits per heavy atom. The molecule has 0 fully saturated rings. The van der Waals surface area contributed by atoms with Crippen molar-refractivity contribution in [2.75, 3.05) is 0 Å². The summed E-state index contributed by atoms with van der Waals surface area (Å²) in [6.07, 6.45) is 0. The van der Waals surface area contributed by atoms with Gasteiger partial charge in [0.1, 0.15) is 0 Å². The number of carbonyl (C=O) groups is 2. The van der Waals surface area contributed by atoms with E-state index in [1.54, 1.807) is 72.8 Å². The predicted molar refractivity (Wildman–Crippen MR) is 98.0 cm³/mol. The minimum atomic E-state index is -0.461. The van der Waals surface area contributed by atoms with Gasteiger partial charge in [-0.1, -0.05) is 54.6 Å². The second kappa shape index (κ2) is 7.77.